The third-order valence-corrected chi connectivity index (χ3v) is 7.99. The molecule has 25 heavy (non-hydrogen) atoms. The molecule has 2 fully saturated rings. The minimum Gasteiger partial charge on any atom is -0.345 e. The van der Waals surface area contributed by atoms with E-state index in [1.54, 1.807) is 6.20 Å². The number of piperazine rings is 1. The molecule has 1 N–H and O–H groups in total. The van der Waals surface area contributed by atoms with Gasteiger partial charge >= 0.3 is 0 Å². The average Bonchev–Trinajstić information content (AvgIpc) is 3.07. The van der Waals surface area contributed by atoms with Crippen LogP contribution in [0.4, 0.5) is 0 Å². The minimum atomic E-state index is -3.41. The van der Waals surface area contributed by atoms with E-state index >= 15 is 0 Å². The summed E-state index contributed by atoms with van der Waals surface area (Å²) < 4.78 is 49.6. The van der Waals surface area contributed by atoms with Gasteiger partial charge in [-0.2, -0.15) is 4.31 Å². The molecule has 2 atom stereocenters. The normalized spacial score (nSPS) is 27.4. The number of H-pyrrole nitrogens is 1. The van der Waals surface area contributed by atoms with Crippen molar-refractivity contribution in [3.8, 4) is 0 Å². The first-order valence-corrected chi connectivity index (χ1v) is 12.3. The molecule has 142 valence electrons. The van der Waals surface area contributed by atoms with Crippen LogP contribution in [0.1, 0.15) is 31.3 Å². The molecule has 0 saturated carbocycles. The van der Waals surface area contributed by atoms with Crippen LogP contribution in [0.3, 0.4) is 0 Å². The Balaban J connectivity index is 1.76. The summed E-state index contributed by atoms with van der Waals surface area (Å²) in [5.74, 6) is 0.870. The summed E-state index contributed by atoms with van der Waals surface area (Å²) in [7, 11) is -6.64. The highest BCUT2D eigenvalue weighted by molar-refractivity contribution is 7.92. The van der Waals surface area contributed by atoms with Crippen molar-refractivity contribution in [2.45, 2.75) is 44.8 Å². The van der Waals surface area contributed by atoms with Gasteiger partial charge in [0.25, 0.3) is 0 Å². The Morgan fingerprint density at radius 3 is 2.68 bits per heavy atom. The zero-order valence-corrected chi connectivity index (χ0v) is 16.3. The van der Waals surface area contributed by atoms with Gasteiger partial charge in [0.05, 0.1) is 23.8 Å². The highest BCUT2D eigenvalue weighted by Gasteiger charge is 2.49. The van der Waals surface area contributed by atoms with Gasteiger partial charge in [0.1, 0.15) is 5.82 Å². The van der Waals surface area contributed by atoms with Gasteiger partial charge in [-0.25, -0.2) is 21.8 Å². The molecule has 2 aliphatic heterocycles. The van der Waals surface area contributed by atoms with E-state index in [0.717, 1.165) is 37.0 Å². The van der Waals surface area contributed by atoms with E-state index < -0.39 is 25.9 Å². The molecule has 0 bridgehead atoms. The van der Waals surface area contributed by atoms with Gasteiger partial charge < -0.3 is 4.98 Å². The average molecular weight is 391 g/mol. The topological polar surface area (TPSA) is 103 Å². The van der Waals surface area contributed by atoms with Crippen molar-refractivity contribution >= 4 is 19.9 Å². The lowest BCUT2D eigenvalue weighted by atomic mass is 10.1. The van der Waals surface area contributed by atoms with Gasteiger partial charge in [-0.1, -0.05) is 13.3 Å². The number of hydrogen-bond acceptors (Lipinski definition) is 6. The van der Waals surface area contributed by atoms with Gasteiger partial charge in [0, 0.05) is 44.0 Å². The van der Waals surface area contributed by atoms with E-state index in [1.807, 2.05) is 0 Å². The predicted octanol–water partition coefficient (Wildman–Crippen LogP) is -0.00490. The molecule has 3 heterocycles. The Morgan fingerprint density at radius 2 is 2.00 bits per heavy atom. The van der Waals surface area contributed by atoms with E-state index in [-0.39, 0.29) is 17.5 Å². The van der Waals surface area contributed by atoms with Crippen molar-refractivity contribution in [3.63, 3.8) is 0 Å². The highest BCUT2D eigenvalue weighted by atomic mass is 32.2. The number of hydrogen-bond donors (Lipinski definition) is 1. The molecule has 0 radical (unpaired) electrons. The van der Waals surface area contributed by atoms with E-state index in [9.17, 15) is 16.8 Å². The fraction of sp³-hybridized carbons (Fsp3) is 0.800. The molecular formula is C15H26N4O4S2. The Hall–Kier alpha value is -0.970. The molecule has 0 unspecified atom stereocenters. The summed E-state index contributed by atoms with van der Waals surface area (Å²) in [6.07, 6.45) is 6.03. The van der Waals surface area contributed by atoms with Crippen LogP contribution in [0.25, 0.3) is 0 Å². The predicted molar refractivity (Wildman–Crippen MR) is 95.4 cm³/mol. The number of rotatable bonds is 6. The number of aromatic amines is 1. The summed E-state index contributed by atoms with van der Waals surface area (Å²) in [6.45, 7) is 3.54. The molecule has 1 aromatic rings. The van der Waals surface area contributed by atoms with E-state index in [1.165, 1.54) is 4.31 Å². The lowest BCUT2D eigenvalue weighted by Crippen LogP contribution is -2.59. The summed E-state index contributed by atoms with van der Waals surface area (Å²) >= 11 is 0. The number of nitrogens with one attached hydrogen (secondary N) is 1. The van der Waals surface area contributed by atoms with E-state index in [2.05, 4.69) is 21.8 Å². The van der Waals surface area contributed by atoms with Crippen molar-refractivity contribution in [2.75, 3.05) is 30.9 Å². The number of imidazole rings is 1. The number of aromatic nitrogens is 2. The van der Waals surface area contributed by atoms with Crippen LogP contribution >= 0.6 is 0 Å². The number of sulfonamides is 1. The second-order valence-electron chi connectivity index (χ2n) is 7.01. The Bertz CT molecular complexity index is 818. The maximum Gasteiger partial charge on any atom is 0.211 e. The second kappa shape index (κ2) is 6.98. The molecule has 2 aliphatic rings. The van der Waals surface area contributed by atoms with Gasteiger partial charge in [-0.05, 0) is 6.42 Å². The summed E-state index contributed by atoms with van der Waals surface area (Å²) in [4.78, 5) is 9.76. The quantitative estimate of drug-likeness (QED) is 0.733. The van der Waals surface area contributed by atoms with Crippen LogP contribution in [0.15, 0.2) is 6.20 Å². The number of sulfone groups is 1. The Labute approximate surface area is 149 Å². The molecule has 1 aromatic heterocycles. The molecule has 0 amide bonds. The van der Waals surface area contributed by atoms with Gasteiger partial charge in [0.15, 0.2) is 9.84 Å². The fourth-order valence-electron chi connectivity index (χ4n) is 3.78. The van der Waals surface area contributed by atoms with Gasteiger partial charge in [-0.3, -0.25) is 4.90 Å². The minimum absolute atomic E-state index is 0.0144. The highest BCUT2D eigenvalue weighted by Crippen LogP contribution is 2.29. The zero-order valence-electron chi connectivity index (χ0n) is 14.7. The maximum absolute atomic E-state index is 12.1. The summed E-state index contributed by atoms with van der Waals surface area (Å²) in [6, 6.07) is -0.785. The third kappa shape index (κ3) is 4.24. The number of fused-ring (bicyclic) bond motifs is 1. The fourth-order valence-corrected chi connectivity index (χ4v) is 7.00. The van der Waals surface area contributed by atoms with Crippen LogP contribution in [0.5, 0.6) is 0 Å². The first-order chi connectivity index (χ1) is 11.7. The Morgan fingerprint density at radius 1 is 1.28 bits per heavy atom. The van der Waals surface area contributed by atoms with Crippen molar-refractivity contribution in [1.82, 2.24) is 19.2 Å². The lowest BCUT2D eigenvalue weighted by molar-refractivity contribution is 0.0885. The van der Waals surface area contributed by atoms with Crippen molar-refractivity contribution in [3.05, 3.63) is 17.7 Å². The smallest absolute Gasteiger partial charge is 0.211 e. The van der Waals surface area contributed by atoms with Crippen molar-refractivity contribution < 1.29 is 16.8 Å². The Kier molecular flexibility index (Phi) is 5.25. The standard InChI is InChI=1S/C15H26N4O4S2/c1-3-4-5-15-16-8-12(17-15)9-18-6-7-19(24(2,20)21)14-11-25(22,23)10-13(14)18/h8,13-14H,3-7,9-11H2,1-2H3,(H,16,17)/t13-,14+/m0/s1. The first kappa shape index (κ1) is 18.8. The van der Waals surface area contributed by atoms with Crippen LogP contribution in [-0.2, 0) is 32.8 Å². The van der Waals surface area contributed by atoms with Crippen LogP contribution in [0, 0.1) is 0 Å². The monoisotopic (exact) mass is 390 g/mol. The first-order valence-electron chi connectivity index (χ1n) is 8.63. The SMILES string of the molecule is CCCCc1ncc(CN2CCN(S(C)(=O)=O)[C@@H]3CS(=O)(=O)C[C@@H]32)[nH]1. The molecular weight excluding hydrogens is 364 g/mol. The van der Waals surface area contributed by atoms with Gasteiger partial charge in [-0.15, -0.1) is 0 Å². The van der Waals surface area contributed by atoms with E-state index in [0.29, 0.717) is 19.6 Å². The number of aryl methyl sites for hydroxylation is 1. The van der Waals surface area contributed by atoms with Crippen molar-refractivity contribution in [2.24, 2.45) is 0 Å². The number of nitrogens with zero attached hydrogens (tertiary/aromatic N) is 3. The summed E-state index contributed by atoms with van der Waals surface area (Å²) in [5.41, 5.74) is 0.946. The molecule has 3 rings (SSSR count). The number of unbranched alkanes of at least 4 members (excludes halogenated alkanes) is 1. The molecule has 0 aliphatic carbocycles. The molecule has 8 nitrogen and oxygen atoms in total. The molecule has 0 spiro atoms. The second-order valence-corrected chi connectivity index (χ2v) is 11.1. The van der Waals surface area contributed by atoms with Crippen LogP contribution in [-0.4, -0.2) is 78.9 Å². The van der Waals surface area contributed by atoms with Crippen LogP contribution in [0.2, 0.25) is 0 Å². The van der Waals surface area contributed by atoms with E-state index in [4.69, 9.17) is 0 Å². The van der Waals surface area contributed by atoms with Gasteiger partial charge in [0.2, 0.25) is 10.0 Å². The third-order valence-electron chi connectivity index (χ3n) is 4.99. The van der Waals surface area contributed by atoms with Crippen LogP contribution < -0.4 is 0 Å². The molecule has 10 heteroatoms. The largest absolute Gasteiger partial charge is 0.345 e. The zero-order chi connectivity index (χ0) is 18.2. The molecule has 2 saturated heterocycles. The lowest BCUT2D eigenvalue weighted by Gasteiger charge is -2.42. The molecule has 0 aromatic carbocycles. The van der Waals surface area contributed by atoms with Crippen molar-refractivity contribution in [1.29, 1.82) is 0 Å². The maximum atomic E-state index is 12.1. The summed E-state index contributed by atoms with van der Waals surface area (Å²) in [5, 5.41) is 0.